The van der Waals surface area contributed by atoms with Crippen LogP contribution in [0, 0.1) is 0 Å². The normalized spacial score (nSPS) is 13.5. The lowest BCUT2D eigenvalue weighted by Crippen LogP contribution is -2.59. The van der Waals surface area contributed by atoms with Crippen LogP contribution < -0.4 is 43.8 Å². The summed E-state index contributed by atoms with van der Waals surface area (Å²) in [5.41, 5.74) is 19.5. The number of aliphatic imine (C=N–C) groups is 1. The van der Waals surface area contributed by atoms with Crippen molar-refractivity contribution in [3.05, 3.63) is 90.1 Å². The summed E-state index contributed by atoms with van der Waals surface area (Å²) in [6, 6.07) is 10.2. The highest BCUT2D eigenvalue weighted by Gasteiger charge is 2.32. The van der Waals surface area contributed by atoms with Gasteiger partial charge in [-0.05, 0) is 48.5 Å². The van der Waals surface area contributed by atoms with E-state index >= 15 is 0 Å². The lowest BCUT2D eigenvalue weighted by molar-refractivity contribution is -0.142. The average molecular weight is 833 g/mol. The molecule has 0 saturated carbocycles. The Morgan fingerprint density at radius 1 is 0.797 bits per heavy atom. The molecular formula is C39H52N12O7S. The number of carboxylic acids is 1. The van der Waals surface area contributed by atoms with Crippen molar-refractivity contribution in [3.63, 3.8) is 0 Å². The molecule has 0 aliphatic heterocycles. The van der Waals surface area contributed by atoms with E-state index in [1.807, 2.05) is 30.5 Å². The lowest BCUT2D eigenvalue weighted by Gasteiger charge is -2.26. The molecule has 5 unspecified atom stereocenters. The van der Waals surface area contributed by atoms with Crippen molar-refractivity contribution in [2.24, 2.45) is 22.2 Å². The zero-order valence-electron chi connectivity index (χ0n) is 32.6. The third kappa shape index (κ3) is 14.8. The first kappa shape index (κ1) is 45.3. The first-order valence-corrected chi connectivity index (χ1v) is 20.3. The van der Waals surface area contributed by atoms with Crippen LogP contribution >= 0.6 is 11.8 Å². The quantitative estimate of drug-likeness (QED) is 0.0235. The van der Waals surface area contributed by atoms with E-state index in [1.165, 1.54) is 24.3 Å². The van der Waals surface area contributed by atoms with Gasteiger partial charge in [0.25, 0.3) is 0 Å². The Bertz CT molecular complexity index is 2040. The van der Waals surface area contributed by atoms with Crippen molar-refractivity contribution >= 4 is 64.1 Å². The highest BCUT2D eigenvalue weighted by molar-refractivity contribution is 7.98. The fourth-order valence-electron chi connectivity index (χ4n) is 6.11. The molecule has 20 heteroatoms. The van der Waals surface area contributed by atoms with E-state index in [1.54, 1.807) is 36.5 Å². The summed E-state index contributed by atoms with van der Waals surface area (Å²) in [5.74, 6) is -4.28. The van der Waals surface area contributed by atoms with Gasteiger partial charge in [0.05, 0.1) is 18.9 Å². The van der Waals surface area contributed by atoms with E-state index in [4.69, 9.17) is 17.2 Å². The summed E-state index contributed by atoms with van der Waals surface area (Å²) in [7, 11) is 0. The lowest BCUT2D eigenvalue weighted by atomic mass is 10.0. The van der Waals surface area contributed by atoms with Gasteiger partial charge in [-0.2, -0.15) is 11.8 Å². The minimum Gasteiger partial charge on any atom is -0.480 e. The van der Waals surface area contributed by atoms with Crippen LogP contribution in [-0.2, 0) is 48.0 Å². The second-order valence-electron chi connectivity index (χ2n) is 13.7. The number of nitrogens with zero attached hydrogens (tertiary/aromatic N) is 2. The number of carbonyl (C=O) groups excluding carboxylic acids is 5. The Morgan fingerprint density at radius 2 is 1.46 bits per heavy atom. The summed E-state index contributed by atoms with van der Waals surface area (Å²) in [6.07, 6.45) is 6.96. The fourth-order valence-corrected chi connectivity index (χ4v) is 6.60. The molecule has 0 saturated heterocycles. The van der Waals surface area contributed by atoms with Gasteiger partial charge in [-0.1, -0.05) is 48.5 Å². The van der Waals surface area contributed by atoms with E-state index in [0.717, 1.165) is 10.9 Å². The maximum absolute atomic E-state index is 14.2. The summed E-state index contributed by atoms with van der Waals surface area (Å²) in [6.45, 7) is -0.343. The molecule has 0 bridgehead atoms. The zero-order chi connectivity index (χ0) is 42.7. The number of rotatable bonds is 24. The second kappa shape index (κ2) is 23.1. The molecule has 2 aromatic carbocycles. The molecule has 5 amide bonds. The molecule has 0 aliphatic rings. The molecule has 4 aromatic rings. The predicted octanol–water partition coefficient (Wildman–Crippen LogP) is -0.807. The largest absolute Gasteiger partial charge is 0.480 e. The van der Waals surface area contributed by atoms with Gasteiger partial charge < -0.3 is 58.9 Å². The first-order valence-electron chi connectivity index (χ1n) is 18.9. The van der Waals surface area contributed by atoms with E-state index in [2.05, 4.69) is 46.5 Å². The van der Waals surface area contributed by atoms with Crippen molar-refractivity contribution in [1.29, 1.82) is 0 Å². The van der Waals surface area contributed by atoms with Crippen molar-refractivity contribution in [1.82, 2.24) is 41.5 Å². The van der Waals surface area contributed by atoms with Gasteiger partial charge in [-0.3, -0.25) is 29.0 Å². The number of hydrogen-bond donors (Lipinski definition) is 11. The highest BCUT2D eigenvalue weighted by atomic mass is 32.2. The van der Waals surface area contributed by atoms with Crippen LogP contribution in [0.4, 0.5) is 0 Å². The number of fused-ring (bicyclic) bond motifs is 1. The number of aromatic nitrogens is 3. The molecule has 2 aromatic heterocycles. The molecule has 19 nitrogen and oxygen atoms in total. The molecule has 14 N–H and O–H groups in total. The Labute approximate surface area is 344 Å². The van der Waals surface area contributed by atoms with Gasteiger partial charge in [0, 0.05) is 54.8 Å². The summed E-state index contributed by atoms with van der Waals surface area (Å²) in [4.78, 5) is 93.9. The zero-order valence-corrected chi connectivity index (χ0v) is 33.4. The molecular weight excluding hydrogens is 781 g/mol. The smallest absolute Gasteiger partial charge is 0.326 e. The molecule has 0 fully saturated rings. The highest BCUT2D eigenvalue weighted by Crippen LogP contribution is 2.19. The summed E-state index contributed by atoms with van der Waals surface area (Å²) >= 11 is 1.53. The molecule has 0 radical (unpaired) electrons. The Morgan fingerprint density at radius 3 is 2.14 bits per heavy atom. The van der Waals surface area contributed by atoms with Gasteiger partial charge in [0.15, 0.2) is 5.96 Å². The van der Waals surface area contributed by atoms with Crippen LogP contribution in [0.15, 0.2) is 78.3 Å². The summed E-state index contributed by atoms with van der Waals surface area (Å²) < 4.78 is 0. The third-order valence-corrected chi connectivity index (χ3v) is 9.87. The van der Waals surface area contributed by atoms with Gasteiger partial charge in [0.1, 0.15) is 24.2 Å². The standard InChI is InChI=1S/C39H52N12O7S/c1-59-15-13-27(40)34(53)46-21-33(52)48-31(18-25-20-43-22-47-25)37(56)50-30(16-23-8-3-2-4-9-23)36(55)49-29(12-7-14-44-39(41)42)35(54)51-32(38(57)58)17-24-19-45-28-11-6-5-10-26(24)28/h2-6,8-11,19-20,22,27,29-32,45H,7,12-18,21,40H2,1H3,(H,43,47)(H,46,53)(H,48,52)(H,49,55)(H,50,56)(H,51,54)(H,57,58)(H4,41,42,44). The minimum absolute atomic E-state index is 0.00491. The molecule has 2 heterocycles. The van der Waals surface area contributed by atoms with Gasteiger partial charge in [-0.25, -0.2) is 9.78 Å². The number of aliphatic carboxylic acids is 1. The topological polar surface area (TPSA) is 318 Å². The van der Waals surface area contributed by atoms with Gasteiger partial charge in [0.2, 0.25) is 29.5 Å². The van der Waals surface area contributed by atoms with E-state index < -0.39 is 72.3 Å². The van der Waals surface area contributed by atoms with Crippen molar-refractivity contribution in [2.45, 2.75) is 68.7 Å². The monoisotopic (exact) mass is 832 g/mol. The molecule has 4 rings (SSSR count). The number of hydrogen-bond acceptors (Lipinski definition) is 10. The van der Waals surface area contributed by atoms with Crippen LogP contribution in [0.2, 0.25) is 0 Å². The Kier molecular flexibility index (Phi) is 17.7. The van der Waals surface area contributed by atoms with Crippen LogP contribution in [0.3, 0.4) is 0 Å². The number of amides is 5. The van der Waals surface area contributed by atoms with Gasteiger partial charge >= 0.3 is 5.97 Å². The minimum atomic E-state index is -1.36. The van der Waals surface area contributed by atoms with E-state index in [0.29, 0.717) is 29.0 Å². The number of carboxylic acid groups (broad SMARTS) is 1. The predicted molar refractivity (Wildman–Crippen MR) is 224 cm³/mol. The van der Waals surface area contributed by atoms with Crippen LogP contribution in [0.25, 0.3) is 10.9 Å². The van der Waals surface area contributed by atoms with Crippen LogP contribution in [0.1, 0.15) is 36.1 Å². The van der Waals surface area contributed by atoms with E-state index in [-0.39, 0.29) is 44.6 Å². The number of para-hydroxylation sites is 1. The summed E-state index contributed by atoms with van der Waals surface area (Å²) in [5, 5.41) is 24.0. The Hall–Kier alpha value is -6.41. The molecule has 0 spiro atoms. The average Bonchev–Trinajstić information content (AvgIpc) is 3.89. The number of nitrogens with one attached hydrogen (secondary N) is 7. The second-order valence-corrected chi connectivity index (χ2v) is 14.7. The fraction of sp³-hybridized carbons (Fsp3) is 0.385. The maximum Gasteiger partial charge on any atom is 0.326 e. The molecule has 5 atom stereocenters. The Balaban J connectivity index is 1.54. The van der Waals surface area contributed by atoms with Crippen LogP contribution in [-0.4, -0.2) is 117 Å². The maximum atomic E-state index is 14.2. The number of H-pyrrole nitrogens is 2. The first-order chi connectivity index (χ1) is 28.3. The van der Waals surface area contributed by atoms with E-state index in [9.17, 15) is 33.9 Å². The molecule has 316 valence electrons. The number of benzene rings is 2. The van der Waals surface area contributed by atoms with Gasteiger partial charge in [-0.15, -0.1) is 0 Å². The van der Waals surface area contributed by atoms with Crippen molar-refractivity contribution < 1.29 is 33.9 Å². The number of nitrogens with two attached hydrogens (primary N) is 3. The molecule has 0 aliphatic carbocycles. The number of aromatic amines is 2. The SMILES string of the molecule is CSCCC(N)C(=O)NCC(=O)NC(Cc1cnc[nH]1)C(=O)NC(Cc1ccccc1)C(=O)NC(CCCN=C(N)N)C(=O)NC(Cc1c[nH]c2ccccc12)C(=O)O. The number of thioether (sulfide) groups is 1. The molecule has 59 heavy (non-hydrogen) atoms. The number of carbonyl (C=O) groups is 6. The number of guanidine groups is 1. The van der Waals surface area contributed by atoms with Crippen LogP contribution in [0.5, 0.6) is 0 Å². The third-order valence-electron chi connectivity index (χ3n) is 9.23. The number of imidazole rings is 1. The van der Waals surface area contributed by atoms with Crippen molar-refractivity contribution in [3.8, 4) is 0 Å². The van der Waals surface area contributed by atoms with Crippen molar-refractivity contribution in [2.75, 3.05) is 25.1 Å².